The SMILES string of the molecule is Cl.Cl.Nc1cccc(CN2CCN(Cc3cscn3)CC2)c1. The highest BCUT2D eigenvalue weighted by Crippen LogP contribution is 2.13. The van der Waals surface area contributed by atoms with Crippen LogP contribution >= 0.6 is 36.2 Å². The Bertz CT molecular complexity index is 542. The zero-order valence-corrected chi connectivity index (χ0v) is 14.8. The molecule has 1 aliphatic heterocycles. The molecule has 2 aromatic rings. The van der Waals surface area contributed by atoms with Crippen LogP contribution in [-0.2, 0) is 13.1 Å². The molecular weight excluding hydrogens is 339 g/mol. The van der Waals surface area contributed by atoms with Gasteiger partial charge in [-0.2, -0.15) is 0 Å². The van der Waals surface area contributed by atoms with Gasteiger partial charge in [0.25, 0.3) is 0 Å². The number of thiazole rings is 1. The van der Waals surface area contributed by atoms with E-state index in [9.17, 15) is 0 Å². The molecule has 0 saturated carbocycles. The van der Waals surface area contributed by atoms with E-state index >= 15 is 0 Å². The molecule has 0 unspecified atom stereocenters. The summed E-state index contributed by atoms with van der Waals surface area (Å²) in [5.74, 6) is 0. The molecule has 0 radical (unpaired) electrons. The van der Waals surface area contributed by atoms with Gasteiger partial charge in [0.15, 0.2) is 0 Å². The fourth-order valence-corrected chi connectivity index (χ4v) is 3.15. The quantitative estimate of drug-likeness (QED) is 0.851. The van der Waals surface area contributed by atoms with E-state index in [1.54, 1.807) is 11.3 Å². The molecule has 0 aliphatic carbocycles. The van der Waals surface area contributed by atoms with Gasteiger partial charge in [-0.25, -0.2) is 4.98 Å². The van der Waals surface area contributed by atoms with Gasteiger partial charge < -0.3 is 5.73 Å². The van der Waals surface area contributed by atoms with Crippen LogP contribution in [0.5, 0.6) is 0 Å². The smallest absolute Gasteiger partial charge is 0.0795 e. The van der Waals surface area contributed by atoms with Crippen molar-refractivity contribution in [2.45, 2.75) is 13.1 Å². The summed E-state index contributed by atoms with van der Waals surface area (Å²) < 4.78 is 0. The molecule has 22 heavy (non-hydrogen) atoms. The molecule has 0 bridgehead atoms. The largest absolute Gasteiger partial charge is 0.399 e. The van der Waals surface area contributed by atoms with E-state index in [0.717, 1.165) is 45.0 Å². The Morgan fingerprint density at radius 1 is 1.05 bits per heavy atom. The highest BCUT2D eigenvalue weighted by Gasteiger charge is 2.17. The van der Waals surface area contributed by atoms with Crippen molar-refractivity contribution in [2.75, 3.05) is 31.9 Å². The van der Waals surface area contributed by atoms with Gasteiger partial charge in [-0.15, -0.1) is 36.2 Å². The van der Waals surface area contributed by atoms with Crippen molar-refractivity contribution >= 4 is 41.8 Å². The standard InChI is InChI=1S/C15H20N4S.2ClH/c16-14-3-1-2-13(8-14)9-18-4-6-19(7-5-18)10-15-11-20-12-17-15;;/h1-3,8,11-12H,4-7,9-10,16H2;2*1H. The second-order valence-corrected chi connectivity index (χ2v) is 6.00. The van der Waals surface area contributed by atoms with E-state index in [0.29, 0.717) is 0 Å². The summed E-state index contributed by atoms with van der Waals surface area (Å²) in [6.45, 7) is 6.42. The summed E-state index contributed by atoms with van der Waals surface area (Å²) in [7, 11) is 0. The topological polar surface area (TPSA) is 45.4 Å². The first-order valence-electron chi connectivity index (χ1n) is 6.96. The molecule has 2 N–H and O–H groups in total. The molecule has 0 amide bonds. The van der Waals surface area contributed by atoms with E-state index in [-0.39, 0.29) is 24.8 Å². The van der Waals surface area contributed by atoms with Crippen LogP contribution in [0.4, 0.5) is 5.69 Å². The Hall–Kier alpha value is -0.850. The van der Waals surface area contributed by atoms with Crippen LogP contribution in [0.25, 0.3) is 0 Å². The minimum atomic E-state index is 0. The second kappa shape index (κ2) is 9.33. The van der Waals surface area contributed by atoms with Crippen molar-refractivity contribution < 1.29 is 0 Å². The Labute approximate surface area is 148 Å². The summed E-state index contributed by atoms with van der Waals surface area (Å²) in [4.78, 5) is 9.33. The van der Waals surface area contributed by atoms with E-state index in [1.165, 1.54) is 11.3 Å². The number of aromatic nitrogens is 1. The first-order valence-corrected chi connectivity index (χ1v) is 7.90. The molecule has 7 heteroatoms. The predicted octanol–water partition coefficient (Wildman–Crippen LogP) is 2.89. The lowest BCUT2D eigenvalue weighted by Crippen LogP contribution is -2.45. The van der Waals surface area contributed by atoms with Gasteiger partial charge in [0.05, 0.1) is 11.2 Å². The van der Waals surface area contributed by atoms with E-state index in [2.05, 4.69) is 32.3 Å². The fourth-order valence-electron chi connectivity index (χ4n) is 2.60. The molecule has 1 aromatic heterocycles. The van der Waals surface area contributed by atoms with E-state index < -0.39 is 0 Å². The van der Waals surface area contributed by atoms with Gasteiger partial charge in [-0.3, -0.25) is 9.80 Å². The first kappa shape index (κ1) is 19.2. The molecule has 0 spiro atoms. The van der Waals surface area contributed by atoms with Gasteiger partial charge in [-0.05, 0) is 17.7 Å². The number of benzene rings is 1. The van der Waals surface area contributed by atoms with Crippen LogP contribution in [0.15, 0.2) is 35.2 Å². The van der Waals surface area contributed by atoms with Crippen molar-refractivity contribution in [3.63, 3.8) is 0 Å². The van der Waals surface area contributed by atoms with E-state index in [4.69, 9.17) is 5.73 Å². The lowest BCUT2D eigenvalue weighted by molar-refractivity contribution is 0.121. The Balaban J connectivity index is 0.00000121. The molecule has 122 valence electrons. The number of rotatable bonds is 4. The third-order valence-electron chi connectivity index (χ3n) is 3.69. The number of hydrogen-bond acceptors (Lipinski definition) is 5. The normalized spacial score (nSPS) is 15.8. The summed E-state index contributed by atoms with van der Waals surface area (Å²) in [5, 5.41) is 2.14. The zero-order chi connectivity index (χ0) is 13.8. The van der Waals surface area contributed by atoms with Crippen molar-refractivity contribution in [1.29, 1.82) is 0 Å². The van der Waals surface area contributed by atoms with Gasteiger partial charge in [0.2, 0.25) is 0 Å². The average Bonchev–Trinajstić information content (AvgIpc) is 2.94. The number of anilines is 1. The lowest BCUT2D eigenvalue weighted by Gasteiger charge is -2.34. The third-order valence-corrected chi connectivity index (χ3v) is 4.33. The molecule has 1 fully saturated rings. The van der Waals surface area contributed by atoms with Crippen LogP contribution in [0.1, 0.15) is 11.3 Å². The van der Waals surface area contributed by atoms with Gasteiger partial charge >= 0.3 is 0 Å². The average molecular weight is 361 g/mol. The Kier molecular flexibility index (Phi) is 8.14. The molecule has 2 heterocycles. The van der Waals surface area contributed by atoms with Gasteiger partial charge in [0.1, 0.15) is 0 Å². The molecule has 0 atom stereocenters. The Morgan fingerprint density at radius 3 is 2.32 bits per heavy atom. The summed E-state index contributed by atoms with van der Waals surface area (Å²) >= 11 is 1.67. The maximum atomic E-state index is 5.83. The first-order chi connectivity index (χ1) is 9.79. The maximum absolute atomic E-state index is 5.83. The van der Waals surface area contributed by atoms with Crippen molar-refractivity contribution in [2.24, 2.45) is 0 Å². The van der Waals surface area contributed by atoms with E-state index in [1.807, 2.05) is 17.6 Å². The molecule has 3 rings (SSSR count). The maximum Gasteiger partial charge on any atom is 0.0795 e. The molecule has 1 aliphatic rings. The second-order valence-electron chi connectivity index (χ2n) is 5.28. The number of halogens is 2. The minimum absolute atomic E-state index is 0. The Morgan fingerprint density at radius 2 is 1.73 bits per heavy atom. The third kappa shape index (κ3) is 5.41. The van der Waals surface area contributed by atoms with Crippen LogP contribution in [0.2, 0.25) is 0 Å². The number of nitrogens with zero attached hydrogens (tertiary/aromatic N) is 3. The number of nitrogens with two attached hydrogens (primary N) is 1. The summed E-state index contributed by atoms with van der Waals surface area (Å²) in [5.41, 5.74) is 11.1. The number of nitrogen functional groups attached to an aromatic ring is 1. The molecule has 1 saturated heterocycles. The lowest BCUT2D eigenvalue weighted by atomic mass is 10.2. The van der Waals surface area contributed by atoms with Gasteiger partial charge in [0, 0.05) is 50.3 Å². The summed E-state index contributed by atoms with van der Waals surface area (Å²) in [6.07, 6.45) is 0. The van der Waals surface area contributed by atoms with Crippen LogP contribution < -0.4 is 5.73 Å². The fraction of sp³-hybridized carbons (Fsp3) is 0.400. The van der Waals surface area contributed by atoms with Crippen LogP contribution in [0.3, 0.4) is 0 Å². The molecule has 4 nitrogen and oxygen atoms in total. The van der Waals surface area contributed by atoms with Crippen molar-refractivity contribution in [3.8, 4) is 0 Å². The monoisotopic (exact) mass is 360 g/mol. The highest BCUT2D eigenvalue weighted by molar-refractivity contribution is 7.07. The summed E-state index contributed by atoms with van der Waals surface area (Å²) in [6, 6.07) is 8.19. The predicted molar refractivity (Wildman–Crippen MR) is 98.0 cm³/mol. The minimum Gasteiger partial charge on any atom is -0.399 e. The number of hydrogen-bond donors (Lipinski definition) is 1. The molecular formula is C15H22Cl2N4S. The van der Waals surface area contributed by atoms with Crippen LogP contribution in [-0.4, -0.2) is 41.0 Å². The number of piperazine rings is 1. The zero-order valence-electron chi connectivity index (χ0n) is 12.4. The van der Waals surface area contributed by atoms with Crippen molar-refractivity contribution in [1.82, 2.24) is 14.8 Å². The van der Waals surface area contributed by atoms with Gasteiger partial charge in [-0.1, -0.05) is 12.1 Å². The van der Waals surface area contributed by atoms with Crippen molar-refractivity contribution in [3.05, 3.63) is 46.4 Å². The molecule has 1 aromatic carbocycles. The highest BCUT2D eigenvalue weighted by atomic mass is 35.5. The van der Waals surface area contributed by atoms with Crippen LogP contribution in [0, 0.1) is 0 Å².